The van der Waals surface area contributed by atoms with E-state index in [1.807, 2.05) is 4.90 Å². The van der Waals surface area contributed by atoms with Crippen LogP contribution in [0, 0.1) is 0 Å². The zero-order valence-electron chi connectivity index (χ0n) is 19.6. The minimum Gasteiger partial charge on any atom is -0.468 e. The fourth-order valence-corrected chi connectivity index (χ4v) is 4.86. The van der Waals surface area contributed by atoms with Crippen LogP contribution in [0.15, 0.2) is 0 Å². The topological polar surface area (TPSA) is 68.8 Å². The van der Waals surface area contributed by atoms with Gasteiger partial charge >= 0.3 is 12.1 Å². The molecule has 0 aromatic heterocycles. The Bertz CT molecular complexity index is 576. The van der Waals surface area contributed by atoms with Crippen LogP contribution in [-0.4, -0.2) is 134 Å². The molecule has 2 unspecified atom stereocenters. The molecule has 3 rings (SSSR count). The number of hydrogen-bond donors (Lipinski definition) is 0. The molecule has 9 heteroatoms. The van der Waals surface area contributed by atoms with Crippen molar-refractivity contribution in [2.75, 3.05) is 85.6 Å². The van der Waals surface area contributed by atoms with E-state index in [1.54, 1.807) is 0 Å². The van der Waals surface area contributed by atoms with Crippen molar-refractivity contribution in [3.05, 3.63) is 0 Å². The summed E-state index contributed by atoms with van der Waals surface area (Å²) >= 11 is 0. The molecule has 3 saturated heterocycles. The Labute approximate surface area is 187 Å². The summed E-state index contributed by atoms with van der Waals surface area (Å²) in [6.07, 6.45) is 2.96. The van der Waals surface area contributed by atoms with Gasteiger partial charge in [0.15, 0.2) is 6.23 Å². The summed E-state index contributed by atoms with van der Waals surface area (Å²) in [6, 6.07) is 0.0530. The van der Waals surface area contributed by atoms with E-state index in [0.717, 1.165) is 65.2 Å². The Morgan fingerprint density at radius 3 is 2.13 bits per heavy atom. The van der Waals surface area contributed by atoms with Crippen LogP contribution in [0.3, 0.4) is 0 Å². The van der Waals surface area contributed by atoms with Gasteiger partial charge in [-0.15, -0.1) is 0 Å². The summed E-state index contributed by atoms with van der Waals surface area (Å²) in [6.45, 7) is 15.5. The normalized spacial score (nSPS) is 26.9. The van der Waals surface area contributed by atoms with Crippen molar-refractivity contribution in [3.63, 3.8) is 0 Å². The van der Waals surface area contributed by atoms with E-state index in [0.29, 0.717) is 6.54 Å². The van der Waals surface area contributed by atoms with Gasteiger partial charge in [-0.25, -0.2) is 4.79 Å². The van der Waals surface area contributed by atoms with Crippen molar-refractivity contribution in [2.24, 2.45) is 0 Å². The SMILES string of the molecule is CCCN1CCN(CCCCN2C(=O)OC(N3CCN(CC(=O)OC)CC3)C2C)CC1. The lowest BCUT2D eigenvalue weighted by Gasteiger charge is -2.37. The van der Waals surface area contributed by atoms with E-state index < -0.39 is 0 Å². The Kier molecular flexibility index (Phi) is 9.37. The number of methoxy groups -OCH3 is 1. The standard InChI is InChI=1S/C22H41N5O4/c1-4-7-23-10-12-24(13-11-23)8-5-6-9-27-19(2)21(31-22(27)29)26-16-14-25(15-17-26)18-20(28)30-3/h19,21H,4-18H2,1-3H3. The van der Waals surface area contributed by atoms with Gasteiger partial charge in [-0.05, 0) is 39.3 Å². The predicted molar refractivity (Wildman–Crippen MR) is 119 cm³/mol. The van der Waals surface area contributed by atoms with Gasteiger partial charge in [0, 0.05) is 58.9 Å². The van der Waals surface area contributed by atoms with E-state index in [4.69, 9.17) is 9.47 Å². The van der Waals surface area contributed by atoms with Crippen molar-refractivity contribution >= 4 is 12.1 Å². The molecular weight excluding hydrogens is 398 g/mol. The summed E-state index contributed by atoms with van der Waals surface area (Å²) in [4.78, 5) is 35.2. The van der Waals surface area contributed by atoms with Crippen LogP contribution in [0.4, 0.5) is 4.79 Å². The van der Waals surface area contributed by atoms with Crippen LogP contribution in [0.1, 0.15) is 33.1 Å². The van der Waals surface area contributed by atoms with Gasteiger partial charge in [0.05, 0.1) is 19.7 Å². The molecule has 1 amide bonds. The number of piperazine rings is 2. The van der Waals surface area contributed by atoms with Crippen LogP contribution >= 0.6 is 0 Å². The molecule has 3 heterocycles. The van der Waals surface area contributed by atoms with Crippen LogP contribution in [0.25, 0.3) is 0 Å². The Balaban J connectivity index is 1.34. The summed E-state index contributed by atoms with van der Waals surface area (Å²) in [5, 5.41) is 0. The molecule has 178 valence electrons. The number of amides is 1. The second-order valence-corrected chi connectivity index (χ2v) is 8.99. The monoisotopic (exact) mass is 439 g/mol. The number of rotatable bonds is 10. The maximum absolute atomic E-state index is 12.5. The third kappa shape index (κ3) is 6.78. The van der Waals surface area contributed by atoms with Gasteiger partial charge in [0.1, 0.15) is 0 Å². The molecule has 2 atom stereocenters. The molecular formula is C22H41N5O4. The fourth-order valence-electron chi connectivity index (χ4n) is 4.86. The predicted octanol–water partition coefficient (Wildman–Crippen LogP) is 0.752. The first-order chi connectivity index (χ1) is 15.0. The van der Waals surface area contributed by atoms with Gasteiger partial charge in [-0.1, -0.05) is 6.92 Å². The number of ether oxygens (including phenoxy) is 2. The molecule has 0 aromatic rings. The first-order valence-corrected chi connectivity index (χ1v) is 12.0. The van der Waals surface area contributed by atoms with Crippen LogP contribution in [0.5, 0.6) is 0 Å². The summed E-state index contributed by atoms with van der Waals surface area (Å²) in [5.74, 6) is -0.205. The lowest BCUT2D eigenvalue weighted by molar-refractivity contribution is -0.142. The third-order valence-electron chi connectivity index (χ3n) is 6.84. The average molecular weight is 440 g/mol. The molecule has 0 saturated carbocycles. The molecule has 0 spiro atoms. The molecule has 0 bridgehead atoms. The molecule has 3 aliphatic rings. The zero-order chi connectivity index (χ0) is 22.2. The van der Waals surface area contributed by atoms with Gasteiger partial charge in [0.25, 0.3) is 0 Å². The van der Waals surface area contributed by atoms with Gasteiger partial charge in [-0.2, -0.15) is 0 Å². The third-order valence-corrected chi connectivity index (χ3v) is 6.84. The smallest absolute Gasteiger partial charge is 0.411 e. The maximum Gasteiger partial charge on any atom is 0.411 e. The lowest BCUT2D eigenvalue weighted by atomic mass is 10.2. The molecule has 9 nitrogen and oxygen atoms in total. The van der Waals surface area contributed by atoms with E-state index >= 15 is 0 Å². The molecule has 0 aliphatic carbocycles. The van der Waals surface area contributed by atoms with Crippen molar-refractivity contribution < 1.29 is 19.1 Å². The van der Waals surface area contributed by atoms with Crippen molar-refractivity contribution in [1.29, 1.82) is 0 Å². The number of nitrogens with zero attached hydrogens (tertiary/aromatic N) is 5. The Hall–Kier alpha value is -1.42. The minimum atomic E-state index is -0.205. The molecule has 3 fully saturated rings. The summed E-state index contributed by atoms with van der Waals surface area (Å²) in [7, 11) is 1.42. The molecule has 0 radical (unpaired) electrons. The lowest BCUT2D eigenvalue weighted by Crippen LogP contribution is -2.54. The van der Waals surface area contributed by atoms with Crippen LogP contribution < -0.4 is 0 Å². The van der Waals surface area contributed by atoms with Crippen molar-refractivity contribution in [3.8, 4) is 0 Å². The molecule has 3 aliphatic heterocycles. The fraction of sp³-hybridized carbons (Fsp3) is 0.909. The largest absolute Gasteiger partial charge is 0.468 e. The first kappa shape index (κ1) is 24.2. The maximum atomic E-state index is 12.5. The number of unbranched alkanes of at least 4 members (excludes halogenated alkanes) is 1. The second kappa shape index (κ2) is 12.0. The van der Waals surface area contributed by atoms with Gasteiger partial charge in [0.2, 0.25) is 0 Å². The van der Waals surface area contributed by atoms with E-state index in [9.17, 15) is 9.59 Å². The van der Waals surface area contributed by atoms with Crippen LogP contribution in [-0.2, 0) is 14.3 Å². The van der Waals surface area contributed by atoms with E-state index in [2.05, 4.69) is 33.4 Å². The Morgan fingerprint density at radius 1 is 0.935 bits per heavy atom. The highest BCUT2D eigenvalue weighted by Gasteiger charge is 2.42. The number of carbonyl (C=O) groups is 2. The summed E-state index contributed by atoms with van der Waals surface area (Å²) < 4.78 is 10.5. The zero-order valence-corrected chi connectivity index (χ0v) is 19.6. The van der Waals surface area contributed by atoms with Gasteiger partial charge < -0.3 is 24.2 Å². The van der Waals surface area contributed by atoms with Crippen LogP contribution in [0.2, 0.25) is 0 Å². The highest BCUT2D eigenvalue weighted by atomic mass is 16.6. The molecule has 0 aromatic carbocycles. The highest BCUT2D eigenvalue weighted by Crippen LogP contribution is 2.24. The number of carbonyl (C=O) groups excluding carboxylic acids is 2. The Morgan fingerprint density at radius 2 is 1.52 bits per heavy atom. The van der Waals surface area contributed by atoms with Crippen molar-refractivity contribution in [1.82, 2.24) is 24.5 Å². The molecule has 31 heavy (non-hydrogen) atoms. The number of esters is 1. The number of cyclic esters (lactones) is 1. The quantitative estimate of drug-likeness (QED) is 0.365. The minimum absolute atomic E-state index is 0.0530. The number of hydrogen-bond acceptors (Lipinski definition) is 8. The van der Waals surface area contributed by atoms with Gasteiger partial charge in [-0.3, -0.25) is 14.6 Å². The first-order valence-electron chi connectivity index (χ1n) is 12.0. The second-order valence-electron chi connectivity index (χ2n) is 8.99. The molecule has 0 N–H and O–H groups in total. The average Bonchev–Trinajstić information content (AvgIpc) is 3.06. The van der Waals surface area contributed by atoms with E-state index in [-0.39, 0.29) is 24.3 Å². The van der Waals surface area contributed by atoms with Crippen molar-refractivity contribution in [2.45, 2.75) is 45.4 Å². The summed E-state index contributed by atoms with van der Waals surface area (Å²) in [5.41, 5.74) is 0. The highest BCUT2D eigenvalue weighted by molar-refractivity contribution is 5.71. The van der Waals surface area contributed by atoms with E-state index in [1.165, 1.54) is 33.2 Å².